The molecule has 12 nitrogen and oxygen atoms in total. The van der Waals surface area contributed by atoms with Crippen molar-refractivity contribution in [3.63, 3.8) is 0 Å². The number of ether oxygens (including phenoxy) is 1. The maximum atomic E-state index is 15.0. The van der Waals surface area contributed by atoms with Crippen LogP contribution >= 0.6 is 11.6 Å². The molecule has 67 heavy (non-hydrogen) atoms. The molecule has 3 aromatic heterocycles. The number of unbranched alkanes of at least 4 members (excludes halogenated alkanes) is 1. The molecule has 0 saturated heterocycles. The third kappa shape index (κ3) is 13.3. The highest BCUT2D eigenvalue weighted by Crippen LogP contribution is 2.42. The van der Waals surface area contributed by atoms with Gasteiger partial charge >= 0.3 is 5.97 Å². The van der Waals surface area contributed by atoms with Crippen LogP contribution in [0.25, 0.3) is 0 Å². The van der Waals surface area contributed by atoms with Crippen LogP contribution in [0.1, 0.15) is 101 Å². The summed E-state index contributed by atoms with van der Waals surface area (Å²) in [5.41, 5.74) is 6.78. The standard InChI is InChI=1S/C54H59ClN8O4/c55-46-20-18-45(19-21-46)54(22-4-1-5-23-54)53(66)63(36-41-14-16-44(17-15-41)52(64)65)29-8-9-30-67-50-32-42(34-61(38-49-13-10-26-58-49)37-47-11-2-6-24-56-47)31-43(33-50)35-62(40-51-59-27-28-60-51)39-48-12-3-7-25-57-48/h2-3,6-7,10-12,14-21,24-28,31-33H,1,4-5,8-9,13,22-23,29-30,34-40H2,(H,59,60)(H,64,65). The fourth-order valence-corrected chi connectivity index (χ4v) is 9.45. The van der Waals surface area contributed by atoms with E-state index in [0.29, 0.717) is 64.0 Å². The van der Waals surface area contributed by atoms with Gasteiger partial charge in [-0.1, -0.05) is 79.4 Å². The number of rotatable bonds is 23. The number of nitrogens with one attached hydrogen (secondary N) is 1. The molecule has 0 spiro atoms. The molecule has 13 heteroatoms. The highest BCUT2D eigenvalue weighted by molar-refractivity contribution is 6.30. The first-order chi connectivity index (χ1) is 32.8. The summed E-state index contributed by atoms with van der Waals surface area (Å²) in [7, 11) is 0. The minimum absolute atomic E-state index is 0.106. The Labute approximate surface area is 398 Å². The SMILES string of the molecule is O=C(O)c1ccc(CN(CCCCOc2cc(CN(CC3=NC=CC3)Cc3ccccn3)cc(CN(Cc3ccccn3)Cc3ncc[nH]3)c2)C(=O)C2(c3ccc(Cl)cc3)CCCCC2)cc1. The van der Waals surface area contributed by atoms with Crippen molar-refractivity contribution >= 4 is 29.2 Å². The van der Waals surface area contributed by atoms with Crippen LogP contribution in [0.2, 0.25) is 5.02 Å². The lowest BCUT2D eigenvalue weighted by molar-refractivity contribution is -0.139. The number of pyridine rings is 2. The summed E-state index contributed by atoms with van der Waals surface area (Å²) in [6, 6.07) is 33.2. The second-order valence-electron chi connectivity index (χ2n) is 17.7. The zero-order valence-electron chi connectivity index (χ0n) is 38.0. The number of aromatic amines is 1. The number of carbonyl (C=O) groups excluding carboxylic acids is 1. The van der Waals surface area contributed by atoms with Crippen molar-refractivity contribution in [1.29, 1.82) is 0 Å². The highest BCUT2D eigenvalue weighted by atomic mass is 35.5. The number of hydrogen-bond acceptors (Lipinski definition) is 9. The summed E-state index contributed by atoms with van der Waals surface area (Å²) in [6.07, 6.45) is 18.1. The Hall–Kier alpha value is -6.47. The molecule has 1 saturated carbocycles. The van der Waals surface area contributed by atoms with E-state index in [4.69, 9.17) is 16.3 Å². The van der Waals surface area contributed by atoms with E-state index in [2.05, 4.69) is 65.1 Å². The predicted molar refractivity (Wildman–Crippen MR) is 262 cm³/mol. The van der Waals surface area contributed by atoms with Gasteiger partial charge in [0.25, 0.3) is 0 Å². The van der Waals surface area contributed by atoms with Crippen molar-refractivity contribution < 1.29 is 19.4 Å². The Morgan fingerprint density at radius 1 is 0.701 bits per heavy atom. The van der Waals surface area contributed by atoms with Crippen LogP contribution in [0.3, 0.4) is 0 Å². The van der Waals surface area contributed by atoms with Crippen molar-refractivity contribution in [3.05, 3.63) is 190 Å². The van der Waals surface area contributed by atoms with Crippen LogP contribution in [0.4, 0.5) is 0 Å². The Kier molecular flexibility index (Phi) is 16.4. The number of imidazole rings is 1. The molecule has 1 aliphatic heterocycles. The van der Waals surface area contributed by atoms with Crippen molar-refractivity contribution in [2.45, 2.75) is 96.1 Å². The molecule has 1 fully saturated rings. The number of carboxylic acid groups (broad SMARTS) is 1. The highest BCUT2D eigenvalue weighted by Gasteiger charge is 2.43. The number of nitrogens with zero attached hydrogens (tertiary/aromatic N) is 7. The van der Waals surface area contributed by atoms with E-state index < -0.39 is 11.4 Å². The first-order valence-corrected chi connectivity index (χ1v) is 23.7. The molecule has 1 amide bonds. The Bertz CT molecular complexity index is 2560. The summed E-state index contributed by atoms with van der Waals surface area (Å²) in [4.78, 5) is 55.1. The number of carbonyl (C=O) groups is 2. The van der Waals surface area contributed by atoms with Gasteiger partial charge in [0.1, 0.15) is 11.6 Å². The Balaban J connectivity index is 1.01. The first-order valence-electron chi connectivity index (χ1n) is 23.3. The number of allylic oxidation sites excluding steroid dienone is 1. The fourth-order valence-electron chi connectivity index (χ4n) is 9.32. The number of carboxylic acids is 1. The molecule has 0 radical (unpaired) electrons. The lowest BCUT2D eigenvalue weighted by Crippen LogP contribution is -2.48. The number of halogens is 1. The second kappa shape index (κ2) is 23.3. The fraction of sp³-hybridized carbons (Fsp3) is 0.333. The number of hydrogen-bond donors (Lipinski definition) is 2. The van der Waals surface area contributed by atoms with Gasteiger partial charge in [0, 0.05) is 94.0 Å². The molecule has 0 bridgehead atoms. The number of H-pyrrole nitrogens is 1. The summed E-state index contributed by atoms with van der Waals surface area (Å²) in [6.45, 7) is 5.31. The average Bonchev–Trinajstić information content (AvgIpc) is 4.07. The van der Waals surface area contributed by atoms with Gasteiger partial charge in [-0.25, -0.2) is 9.78 Å². The van der Waals surface area contributed by atoms with Crippen molar-refractivity contribution in [3.8, 4) is 5.75 Å². The zero-order valence-corrected chi connectivity index (χ0v) is 38.7. The quantitative estimate of drug-likeness (QED) is 0.0601. The third-order valence-electron chi connectivity index (χ3n) is 12.6. The normalized spacial score (nSPS) is 14.3. The zero-order chi connectivity index (χ0) is 46.3. The van der Waals surface area contributed by atoms with Crippen LogP contribution in [0, 0.1) is 0 Å². The maximum Gasteiger partial charge on any atom is 0.335 e. The van der Waals surface area contributed by atoms with Gasteiger partial charge in [-0.05, 0) is 109 Å². The van der Waals surface area contributed by atoms with Gasteiger partial charge < -0.3 is 19.7 Å². The average molecular weight is 920 g/mol. The van der Waals surface area contributed by atoms with E-state index in [-0.39, 0.29) is 11.5 Å². The van der Waals surface area contributed by atoms with Crippen molar-refractivity contribution in [2.24, 2.45) is 4.99 Å². The minimum Gasteiger partial charge on any atom is -0.494 e. The lowest BCUT2D eigenvalue weighted by atomic mass is 9.68. The second-order valence-corrected chi connectivity index (χ2v) is 18.1. The molecule has 0 unspecified atom stereocenters. The van der Waals surface area contributed by atoms with Gasteiger partial charge in [-0.15, -0.1) is 0 Å². The van der Waals surface area contributed by atoms with Gasteiger partial charge in [0.15, 0.2) is 0 Å². The van der Waals surface area contributed by atoms with Crippen LogP contribution in [0.5, 0.6) is 5.75 Å². The molecular formula is C54H59ClN8O4. The van der Waals surface area contributed by atoms with Gasteiger partial charge in [0.2, 0.25) is 5.91 Å². The van der Waals surface area contributed by atoms with Crippen LogP contribution in [0.15, 0.2) is 145 Å². The molecule has 346 valence electrons. The monoisotopic (exact) mass is 918 g/mol. The molecular weight excluding hydrogens is 860 g/mol. The summed E-state index contributed by atoms with van der Waals surface area (Å²) >= 11 is 6.33. The smallest absolute Gasteiger partial charge is 0.335 e. The van der Waals surface area contributed by atoms with E-state index in [9.17, 15) is 14.7 Å². The molecule has 2 aliphatic rings. The predicted octanol–water partition coefficient (Wildman–Crippen LogP) is 10.2. The molecule has 0 atom stereocenters. The lowest BCUT2D eigenvalue weighted by Gasteiger charge is -2.40. The number of benzene rings is 3. The van der Waals surface area contributed by atoms with Crippen molar-refractivity contribution in [1.82, 2.24) is 34.6 Å². The maximum absolute atomic E-state index is 15.0. The molecule has 2 N–H and O–H groups in total. The summed E-state index contributed by atoms with van der Waals surface area (Å²) in [5, 5.41) is 10.2. The number of aromatic carboxylic acids is 1. The van der Waals surface area contributed by atoms with Crippen LogP contribution < -0.4 is 4.74 Å². The molecule has 8 rings (SSSR count). The van der Waals surface area contributed by atoms with E-state index in [0.717, 1.165) is 102 Å². The molecule has 3 aromatic carbocycles. The van der Waals surface area contributed by atoms with Gasteiger partial charge in [0.05, 0.1) is 35.5 Å². The van der Waals surface area contributed by atoms with Crippen LogP contribution in [-0.2, 0) is 49.5 Å². The largest absolute Gasteiger partial charge is 0.494 e. The van der Waals surface area contributed by atoms with E-state index in [1.807, 2.05) is 96.4 Å². The Morgan fingerprint density at radius 3 is 1.99 bits per heavy atom. The minimum atomic E-state index is -0.977. The number of aliphatic imine (C=N–C) groups is 1. The molecule has 6 aromatic rings. The van der Waals surface area contributed by atoms with E-state index >= 15 is 0 Å². The van der Waals surface area contributed by atoms with Gasteiger partial charge in [-0.2, -0.15) is 0 Å². The van der Waals surface area contributed by atoms with E-state index in [1.54, 1.807) is 18.3 Å². The molecule has 4 heterocycles. The first kappa shape index (κ1) is 47.0. The topological polar surface area (TPSA) is 140 Å². The van der Waals surface area contributed by atoms with E-state index in [1.165, 1.54) is 0 Å². The molecule has 1 aliphatic carbocycles. The summed E-state index contributed by atoms with van der Waals surface area (Å²) in [5.74, 6) is 0.796. The Morgan fingerprint density at radius 2 is 1.39 bits per heavy atom. The van der Waals surface area contributed by atoms with Gasteiger partial charge in [-0.3, -0.25) is 29.6 Å². The number of amides is 1. The summed E-state index contributed by atoms with van der Waals surface area (Å²) < 4.78 is 6.65. The third-order valence-corrected chi connectivity index (χ3v) is 12.8. The van der Waals surface area contributed by atoms with Crippen molar-refractivity contribution in [2.75, 3.05) is 19.7 Å². The van der Waals surface area contributed by atoms with Crippen LogP contribution in [-0.4, -0.2) is 77.0 Å². The number of aromatic nitrogens is 4.